The number of carbonyl (C=O) groups is 1. The van der Waals surface area contributed by atoms with Crippen LogP contribution in [0.25, 0.3) is 0 Å². The molecule has 2 rings (SSSR count). The molecule has 1 aliphatic heterocycles. The molecule has 1 N–H and O–H groups in total. The zero-order valence-electron chi connectivity index (χ0n) is 13.1. The van der Waals surface area contributed by atoms with Gasteiger partial charge < -0.3 is 10.1 Å². The maximum absolute atomic E-state index is 11.9. The molecule has 2 heterocycles. The summed E-state index contributed by atoms with van der Waals surface area (Å²) in [5.41, 5.74) is 1.37. The summed E-state index contributed by atoms with van der Waals surface area (Å²) in [7, 11) is 1.40. The van der Waals surface area contributed by atoms with Crippen molar-refractivity contribution in [3.05, 3.63) is 11.4 Å². The fourth-order valence-electron chi connectivity index (χ4n) is 2.92. The van der Waals surface area contributed by atoms with Crippen molar-refractivity contribution in [1.29, 1.82) is 0 Å². The Labute approximate surface area is 126 Å². The second-order valence-corrected chi connectivity index (χ2v) is 5.62. The average Bonchev–Trinajstić information content (AvgIpc) is 2.95. The summed E-state index contributed by atoms with van der Waals surface area (Å²) in [6.45, 7) is 4.99. The molecule has 0 radical (unpaired) electrons. The minimum absolute atomic E-state index is 0.349. The first-order valence-electron chi connectivity index (χ1n) is 8.00. The van der Waals surface area contributed by atoms with E-state index in [1.165, 1.54) is 26.4 Å². The van der Waals surface area contributed by atoms with Crippen molar-refractivity contribution in [2.45, 2.75) is 57.9 Å². The highest BCUT2D eigenvalue weighted by atomic mass is 16.5. The van der Waals surface area contributed by atoms with Gasteiger partial charge in [0.05, 0.1) is 12.8 Å². The molecular weight excluding hydrogens is 268 g/mol. The lowest BCUT2D eigenvalue weighted by Gasteiger charge is -2.23. The predicted octanol–water partition coefficient (Wildman–Crippen LogP) is 2.11. The first-order valence-corrected chi connectivity index (χ1v) is 8.00. The van der Waals surface area contributed by atoms with E-state index in [1.807, 2.05) is 4.68 Å². The van der Waals surface area contributed by atoms with Gasteiger partial charge in [0.15, 0.2) is 5.69 Å². The Bertz CT molecular complexity index is 453. The van der Waals surface area contributed by atoms with E-state index in [9.17, 15) is 4.79 Å². The van der Waals surface area contributed by atoms with Gasteiger partial charge in [-0.3, -0.25) is 0 Å². The molecule has 0 unspecified atom stereocenters. The minimum Gasteiger partial charge on any atom is -0.464 e. The van der Waals surface area contributed by atoms with Crippen LogP contribution in [0.15, 0.2) is 0 Å². The van der Waals surface area contributed by atoms with Crippen LogP contribution in [0.1, 0.15) is 67.5 Å². The van der Waals surface area contributed by atoms with E-state index in [2.05, 4.69) is 22.6 Å². The van der Waals surface area contributed by atoms with Gasteiger partial charge in [-0.25, -0.2) is 9.48 Å². The Hall–Kier alpha value is -1.43. The molecule has 0 atom stereocenters. The van der Waals surface area contributed by atoms with E-state index in [-0.39, 0.29) is 5.97 Å². The third-order valence-electron chi connectivity index (χ3n) is 4.10. The van der Waals surface area contributed by atoms with E-state index >= 15 is 0 Å². The largest absolute Gasteiger partial charge is 0.464 e. The Morgan fingerprint density at radius 1 is 1.33 bits per heavy atom. The fraction of sp³-hybridized carbons (Fsp3) is 0.800. The number of rotatable bonds is 7. The van der Waals surface area contributed by atoms with Gasteiger partial charge in [-0.2, -0.15) is 0 Å². The number of unbranched alkanes of at least 4 members (excludes halogenated alkanes) is 3. The molecule has 21 heavy (non-hydrogen) atoms. The van der Waals surface area contributed by atoms with Gasteiger partial charge in [-0.05, 0) is 32.4 Å². The lowest BCUT2D eigenvalue weighted by molar-refractivity contribution is 0.0591. The normalized spacial score (nSPS) is 16.1. The van der Waals surface area contributed by atoms with Crippen LogP contribution < -0.4 is 5.32 Å². The number of esters is 1. The van der Waals surface area contributed by atoms with Crippen molar-refractivity contribution >= 4 is 5.97 Å². The smallest absolute Gasteiger partial charge is 0.360 e. The number of carbonyl (C=O) groups excluding carboxylic acids is 1. The Morgan fingerprint density at radius 3 is 2.76 bits per heavy atom. The van der Waals surface area contributed by atoms with Crippen molar-refractivity contribution in [2.75, 3.05) is 20.2 Å². The number of piperidine rings is 1. The van der Waals surface area contributed by atoms with Crippen LogP contribution in [0, 0.1) is 0 Å². The molecule has 0 aromatic carbocycles. The topological polar surface area (TPSA) is 69.0 Å². The first-order chi connectivity index (χ1) is 10.3. The van der Waals surface area contributed by atoms with Gasteiger partial charge in [0.2, 0.25) is 0 Å². The zero-order chi connectivity index (χ0) is 15.1. The highest BCUT2D eigenvalue weighted by Crippen LogP contribution is 2.27. The fourth-order valence-corrected chi connectivity index (χ4v) is 2.92. The second-order valence-electron chi connectivity index (χ2n) is 5.62. The second kappa shape index (κ2) is 8.12. The van der Waals surface area contributed by atoms with Crippen LogP contribution in [-0.2, 0) is 11.3 Å². The molecular formula is C15H26N4O2. The van der Waals surface area contributed by atoms with E-state index in [0.29, 0.717) is 11.6 Å². The standard InChI is InChI=1S/C15H26N4O2/c1-3-4-5-6-11-19-14(12-7-9-16-10-8-12)13(17-18-19)15(20)21-2/h12,16H,3-11H2,1-2H3. The lowest BCUT2D eigenvalue weighted by Crippen LogP contribution is -2.29. The van der Waals surface area contributed by atoms with Gasteiger partial charge in [-0.15, -0.1) is 5.10 Å². The van der Waals surface area contributed by atoms with Crippen molar-refractivity contribution < 1.29 is 9.53 Å². The number of ether oxygens (including phenoxy) is 1. The van der Waals surface area contributed by atoms with Crippen molar-refractivity contribution in [3.8, 4) is 0 Å². The van der Waals surface area contributed by atoms with E-state index in [1.54, 1.807) is 0 Å². The maximum Gasteiger partial charge on any atom is 0.360 e. The molecule has 1 aromatic rings. The van der Waals surface area contributed by atoms with Gasteiger partial charge in [0.1, 0.15) is 0 Å². The highest BCUT2D eigenvalue weighted by Gasteiger charge is 2.28. The number of aryl methyl sites for hydroxylation is 1. The van der Waals surface area contributed by atoms with Crippen molar-refractivity contribution in [1.82, 2.24) is 20.3 Å². The molecule has 1 aliphatic rings. The number of methoxy groups -OCH3 is 1. The van der Waals surface area contributed by atoms with Gasteiger partial charge in [-0.1, -0.05) is 31.4 Å². The lowest BCUT2D eigenvalue weighted by atomic mass is 9.93. The summed E-state index contributed by atoms with van der Waals surface area (Å²) in [5.74, 6) is -0.0233. The molecule has 0 bridgehead atoms. The summed E-state index contributed by atoms with van der Waals surface area (Å²) in [5, 5.41) is 11.6. The number of aromatic nitrogens is 3. The Morgan fingerprint density at radius 2 is 2.10 bits per heavy atom. The molecule has 0 saturated carbocycles. The van der Waals surface area contributed by atoms with E-state index < -0.39 is 0 Å². The van der Waals surface area contributed by atoms with Crippen LogP contribution in [0.2, 0.25) is 0 Å². The van der Waals surface area contributed by atoms with Crippen LogP contribution >= 0.6 is 0 Å². The van der Waals surface area contributed by atoms with Gasteiger partial charge in [0.25, 0.3) is 0 Å². The number of hydrogen-bond acceptors (Lipinski definition) is 5. The molecule has 1 fully saturated rings. The predicted molar refractivity (Wildman–Crippen MR) is 80.3 cm³/mol. The van der Waals surface area contributed by atoms with E-state index in [0.717, 1.165) is 44.6 Å². The number of nitrogens with one attached hydrogen (secondary N) is 1. The molecule has 118 valence electrons. The summed E-state index contributed by atoms with van der Waals surface area (Å²) < 4.78 is 6.78. The average molecular weight is 294 g/mol. The third-order valence-corrected chi connectivity index (χ3v) is 4.10. The molecule has 0 spiro atoms. The van der Waals surface area contributed by atoms with Crippen LogP contribution in [0.3, 0.4) is 0 Å². The summed E-state index contributed by atoms with van der Waals surface area (Å²) >= 11 is 0. The molecule has 0 aliphatic carbocycles. The number of nitrogens with zero attached hydrogens (tertiary/aromatic N) is 3. The van der Waals surface area contributed by atoms with Crippen LogP contribution in [0.4, 0.5) is 0 Å². The SMILES string of the molecule is CCCCCCn1nnc(C(=O)OC)c1C1CCNCC1. The Balaban J connectivity index is 2.14. The van der Waals surface area contributed by atoms with Gasteiger partial charge in [0, 0.05) is 12.5 Å². The quantitative estimate of drug-likeness (QED) is 0.616. The Kier molecular flexibility index (Phi) is 6.17. The number of hydrogen-bond donors (Lipinski definition) is 1. The minimum atomic E-state index is -0.372. The highest BCUT2D eigenvalue weighted by molar-refractivity contribution is 5.88. The summed E-state index contributed by atoms with van der Waals surface area (Å²) in [6, 6.07) is 0. The molecule has 0 amide bonds. The molecule has 1 saturated heterocycles. The summed E-state index contributed by atoms with van der Waals surface area (Å²) in [6.07, 6.45) is 6.76. The van der Waals surface area contributed by atoms with E-state index in [4.69, 9.17) is 4.74 Å². The van der Waals surface area contributed by atoms with Crippen molar-refractivity contribution in [2.24, 2.45) is 0 Å². The zero-order valence-corrected chi connectivity index (χ0v) is 13.1. The molecule has 6 nitrogen and oxygen atoms in total. The summed E-state index contributed by atoms with van der Waals surface area (Å²) in [4.78, 5) is 11.9. The molecule has 6 heteroatoms. The first kappa shape index (κ1) is 15.9. The van der Waals surface area contributed by atoms with Crippen LogP contribution in [-0.4, -0.2) is 41.2 Å². The van der Waals surface area contributed by atoms with Crippen molar-refractivity contribution in [3.63, 3.8) is 0 Å². The van der Waals surface area contributed by atoms with Gasteiger partial charge >= 0.3 is 5.97 Å². The monoisotopic (exact) mass is 294 g/mol. The third kappa shape index (κ3) is 4.03. The van der Waals surface area contributed by atoms with Crippen LogP contribution in [0.5, 0.6) is 0 Å². The molecule has 1 aromatic heterocycles. The maximum atomic E-state index is 11.9.